The van der Waals surface area contributed by atoms with E-state index < -0.39 is 6.03 Å². The van der Waals surface area contributed by atoms with Crippen LogP contribution in [0.2, 0.25) is 0 Å². The standard InChI is InChI=1S/C19H19N5O2/c1-23(2)13-6-8-14(9-7-13)24(19(20)26)17-10-11-21-18-15(17)4-3-5-16(18)22-12-25/h3-12H,1-2H3,(H2,20,26)(H,22,25). The lowest BCUT2D eigenvalue weighted by Crippen LogP contribution is -2.31. The Balaban J connectivity index is 2.16. The normalized spacial score (nSPS) is 10.4. The fourth-order valence-electron chi connectivity index (χ4n) is 2.82. The maximum absolute atomic E-state index is 12.2. The number of urea groups is 1. The van der Waals surface area contributed by atoms with Crippen molar-refractivity contribution in [2.24, 2.45) is 5.73 Å². The molecule has 3 N–H and O–H groups in total. The highest BCUT2D eigenvalue weighted by molar-refractivity contribution is 6.09. The number of carbonyl (C=O) groups is 2. The van der Waals surface area contributed by atoms with E-state index in [9.17, 15) is 9.59 Å². The van der Waals surface area contributed by atoms with Gasteiger partial charge in [0.15, 0.2) is 0 Å². The second kappa shape index (κ2) is 7.10. The summed E-state index contributed by atoms with van der Waals surface area (Å²) in [6, 6.07) is 14.0. The highest BCUT2D eigenvalue weighted by Crippen LogP contribution is 2.34. The molecule has 3 rings (SSSR count). The van der Waals surface area contributed by atoms with Gasteiger partial charge in [-0.05, 0) is 36.4 Å². The summed E-state index contributed by atoms with van der Waals surface area (Å²) in [5.74, 6) is 0. The summed E-state index contributed by atoms with van der Waals surface area (Å²) < 4.78 is 0. The number of anilines is 4. The van der Waals surface area contributed by atoms with Crippen LogP contribution in [0, 0.1) is 0 Å². The molecule has 0 atom stereocenters. The predicted molar refractivity (Wildman–Crippen MR) is 104 cm³/mol. The summed E-state index contributed by atoms with van der Waals surface area (Å²) in [6.45, 7) is 0. The summed E-state index contributed by atoms with van der Waals surface area (Å²) in [7, 11) is 3.89. The van der Waals surface area contributed by atoms with E-state index in [-0.39, 0.29) is 0 Å². The number of benzene rings is 2. The molecule has 0 aliphatic heterocycles. The largest absolute Gasteiger partial charge is 0.378 e. The highest BCUT2D eigenvalue weighted by atomic mass is 16.2. The van der Waals surface area contributed by atoms with Crippen LogP contribution in [0.3, 0.4) is 0 Å². The highest BCUT2D eigenvalue weighted by Gasteiger charge is 2.19. The number of pyridine rings is 1. The number of carbonyl (C=O) groups excluding carboxylic acids is 2. The molecule has 0 aliphatic rings. The molecule has 26 heavy (non-hydrogen) atoms. The van der Waals surface area contributed by atoms with Gasteiger partial charge in [0.1, 0.15) is 0 Å². The number of para-hydroxylation sites is 1. The fraction of sp³-hybridized carbons (Fsp3) is 0.105. The number of hydrogen-bond acceptors (Lipinski definition) is 4. The number of fused-ring (bicyclic) bond motifs is 1. The Labute approximate surface area is 151 Å². The van der Waals surface area contributed by atoms with Crippen molar-refractivity contribution >= 4 is 46.1 Å². The van der Waals surface area contributed by atoms with Crippen molar-refractivity contribution in [3.63, 3.8) is 0 Å². The van der Waals surface area contributed by atoms with Gasteiger partial charge in [-0.3, -0.25) is 14.7 Å². The summed E-state index contributed by atoms with van der Waals surface area (Å²) in [6.07, 6.45) is 2.17. The monoisotopic (exact) mass is 349 g/mol. The predicted octanol–water partition coefficient (Wildman–Crippen LogP) is 3.09. The molecule has 0 saturated heterocycles. The molecule has 0 bridgehead atoms. The van der Waals surface area contributed by atoms with E-state index in [1.807, 2.05) is 49.3 Å². The van der Waals surface area contributed by atoms with Crippen LogP contribution in [-0.4, -0.2) is 31.5 Å². The molecule has 7 nitrogen and oxygen atoms in total. The number of nitrogens with two attached hydrogens (primary N) is 1. The Bertz CT molecular complexity index is 954. The number of hydrogen-bond donors (Lipinski definition) is 2. The number of nitrogens with one attached hydrogen (secondary N) is 1. The van der Waals surface area contributed by atoms with Crippen LogP contribution in [0.1, 0.15) is 0 Å². The molecule has 0 spiro atoms. The van der Waals surface area contributed by atoms with E-state index in [1.165, 1.54) is 4.90 Å². The third kappa shape index (κ3) is 3.14. The molecule has 3 aromatic rings. The van der Waals surface area contributed by atoms with Crippen molar-refractivity contribution in [3.8, 4) is 0 Å². The topological polar surface area (TPSA) is 91.6 Å². The van der Waals surface area contributed by atoms with Crippen LogP contribution in [-0.2, 0) is 4.79 Å². The van der Waals surface area contributed by atoms with E-state index >= 15 is 0 Å². The van der Waals surface area contributed by atoms with Crippen molar-refractivity contribution in [1.82, 2.24) is 4.98 Å². The maximum Gasteiger partial charge on any atom is 0.323 e. The van der Waals surface area contributed by atoms with Gasteiger partial charge >= 0.3 is 6.03 Å². The first-order chi connectivity index (χ1) is 12.5. The summed E-state index contributed by atoms with van der Waals surface area (Å²) in [5, 5.41) is 3.33. The van der Waals surface area contributed by atoms with Crippen LogP contribution in [0.25, 0.3) is 10.9 Å². The molecule has 7 heteroatoms. The molecular formula is C19H19N5O2. The van der Waals surface area contributed by atoms with Gasteiger partial charge in [-0.25, -0.2) is 4.79 Å². The summed E-state index contributed by atoms with van der Waals surface area (Å²) >= 11 is 0. The second-order valence-electron chi connectivity index (χ2n) is 5.88. The molecule has 0 unspecified atom stereocenters. The molecule has 2 aromatic carbocycles. The van der Waals surface area contributed by atoms with E-state index in [1.54, 1.807) is 24.4 Å². The van der Waals surface area contributed by atoms with Crippen LogP contribution in [0.15, 0.2) is 54.7 Å². The minimum absolute atomic E-state index is 0.562. The van der Waals surface area contributed by atoms with E-state index in [0.29, 0.717) is 34.4 Å². The van der Waals surface area contributed by atoms with Crippen LogP contribution in [0.4, 0.5) is 27.5 Å². The average Bonchev–Trinajstić information content (AvgIpc) is 2.63. The third-order valence-corrected chi connectivity index (χ3v) is 4.05. The number of primary amides is 1. The Morgan fingerprint density at radius 3 is 2.38 bits per heavy atom. The van der Waals surface area contributed by atoms with Crippen molar-refractivity contribution in [2.75, 3.05) is 29.2 Å². The zero-order chi connectivity index (χ0) is 18.7. The van der Waals surface area contributed by atoms with Crippen LogP contribution in [0.5, 0.6) is 0 Å². The summed E-state index contributed by atoms with van der Waals surface area (Å²) in [4.78, 5) is 30.8. The first kappa shape index (κ1) is 17.2. The van der Waals surface area contributed by atoms with E-state index in [4.69, 9.17) is 5.73 Å². The van der Waals surface area contributed by atoms with Gasteiger partial charge in [-0.2, -0.15) is 0 Å². The first-order valence-electron chi connectivity index (χ1n) is 7.98. The minimum atomic E-state index is -0.608. The van der Waals surface area contributed by atoms with Crippen molar-refractivity contribution in [2.45, 2.75) is 0 Å². The fourth-order valence-corrected chi connectivity index (χ4v) is 2.82. The Hall–Kier alpha value is -3.61. The first-order valence-corrected chi connectivity index (χ1v) is 7.98. The lowest BCUT2D eigenvalue weighted by Gasteiger charge is -2.23. The van der Waals surface area contributed by atoms with Gasteiger partial charge in [0.05, 0.1) is 22.6 Å². The van der Waals surface area contributed by atoms with Gasteiger partial charge < -0.3 is 16.0 Å². The molecule has 1 heterocycles. The SMILES string of the molecule is CN(C)c1ccc(N(C(N)=O)c2ccnc3c(NC=O)cccc23)cc1. The number of aromatic nitrogens is 1. The van der Waals surface area contributed by atoms with Gasteiger partial charge in [-0.15, -0.1) is 0 Å². The molecule has 0 saturated carbocycles. The number of rotatable bonds is 5. The van der Waals surface area contributed by atoms with Crippen molar-refractivity contribution < 1.29 is 9.59 Å². The average molecular weight is 349 g/mol. The van der Waals surface area contributed by atoms with Gasteiger partial charge in [0.2, 0.25) is 6.41 Å². The zero-order valence-electron chi connectivity index (χ0n) is 14.5. The van der Waals surface area contributed by atoms with Crippen molar-refractivity contribution in [3.05, 3.63) is 54.7 Å². The van der Waals surface area contributed by atoms with Gasteiger partial charge in [-0.1, -0.05) is 12.1 Å². The zero-order valence-corrected chi connectivity index (χ0v) is 14.5. The molecule has 0 radical (unpaired) electrons. The third-order valence-electron chi connectivity index (χ3n) is 4.05. The van der Waals surface area contributed by atoms with Crippen molar-refractivity contribution in [1.29, 1.82) is 0 Å². The van der Waals surface area contributed by atoms with E-state index in [0.717, 1.165) is 5.69 Å². The number of nitrogens with zero attached hydrogens (tertiary/aromatic N) is 3. The lowest BCUT2D eigenvalue weighted by atomic mass is 10.1. The van der Waals surface area contributed by atoms with Gasteiger partial charge in [0.25, 0.3) is 0 Å². The smallest absolute Gasteiger partial charge is 0.323 e. The maximum atomic E-state index is 12.2. The lowest BCUT2D eigenvalue weighted by molar-refractivity contribution is -0.105. The Morgan fingerprint density at radius 2 is 1.77 bits per heavy atom. The molecule has 0 aliphatic carbocycles. The number of amides is 3. The second-order valence-corrected chi connectivity index (χ2v) is 5.88. The van der Waals surface area contributed by atoms with Crippen LogP contribution >= 0.6 is 0 Å². The molecule has 1 aromatic heterocycles. The van der Waals surface area contributed by atoms with Gasteiger partial charge in [0, 0.05) is 31.4 Å². The Morgan fingerprint density at radius 1 is 1.08 bits per heavy atom. The van der Waals surface area contributed by atoms with Crippen LogP contribution < -0.4 is 20.9 Å². The molecular weight excluding hydrogens is 330 g/mol. The summed E-state index contributed by atoms with van der Waals surface area (Å²) in [5.41, 5.74) is 9.05. The molecule has 3 amide bonds. The minimum Gasteiger partial charge on any atom is -0.378 e. The molecule has 0 fully saturated rings. The van der Waals surface area contributed by atoms with E-state index in [2.05, 4.69) is 10.3 Å². The molecule has 132 valence electrons. The quantitative estimate of drug-likeness (QED) is 0.693. The Kier molecular flexibility index (Phi) is 4.70.